The van der Waals surface area contributed by atoms with E-state index in [1.165, 1.54) is 12.8 Å². The highest BCUT2D eigenvalue weighted by molar-refractivity contribution is 5.33. The van der Waals surface area contributed by atoms with Crippen molar-refractivity contribution in [3.63, 3.8) is 0 Å². The van der Waals surface area contributed by atoms with Crippen molar-refractivity contribution in [1.82, 2.24) is 25.0 Å². The Kier molecular flexibility index (Phi) is 4.14. The molecular weight excluding hydrogens is 286 g/mol. The highest BCUT2D eigenvalue weighted by Gasteiger charge is 2.29. The number of benzene rings is 1. The van der Waals surface area contributed by atoms with Gasteiger partial charge in [0.15, 0.2) is 0 Å². The molecule has 1 aliphatic heterocycles. The number of aromatic amines is 1. The second-order valence-electron chi connectivity index (χ2n) is 6.69. The van der Waals surface area contributed by atoms with E-state index in [-0.39, 0.29) is 0 Å². The molecule has 23 heavy (non-hydrogen) atoms. The van der Waals surface area contributed by atoms with E-state index in [0.29, 0.717) is 6.04 Å². The molecule has 4 rings (SSSR count). The summed E-state index contributed by atoms with van der Waals surface area (Å²) in [6, 6.07) is 9.62. The summed E-state index contributed by atoms with van der Waals surface area (Å²) in [7, 11) is 0. The molecule has 1 aliphatic carbocycles. The Morgan fingerprint density at radius 3 is 2.39 bits per heavy atom. The van der Waals surface area contributed by atoms with E-state index in [2.05, 4.69) is 56.2 Å². The molecule has 0 atom stereocenters. The number of aryl methyl sites for hydroxylation is 1. The molecule has 1 aromatic carbocycles. The van der Waals surface area contributed by atoms with Crippen LogP contribution in [0, 0.1) is 0 Å². The molecule has 1 saturated heterocycles. The normalized spacial score (nSPS) is 20.0. The van der Waals surface area contributed by atoms with Gasteiger partial charge in [-0.15, -0.1) is 0 Å². The number of hydrogen-bond acceptors (Lipinski definition) is 4. The maximum Gasteiger partial charge on any atom is 0.150 e. The smallest absolute Gasteiger partial charge is 0.150 e. The van der Waals surface area contributed by atoms with Crippen LogP contribution in [-0.4, -0.2) is 57.2 Å². The summed E-state index contributed by atoms with van der Waals surface area (Å²) >= 11 is 0. The van der Waals surface area contributed by atoms with Gasteiger partial charge in [0.05, 0.1) is 6.54 Å². The zero-order valence-corrected chi connectivity index (χ0v) is 13.8. The first-order chi connectivity index (χ1) is 11.3. The van der Waals surface area contributed by atoms with Crippen LogP contribution in [0.25, 0.3) is 0 Å². The molecule has 1 fully saturated rings. The zero-order valence-electron chi connectivity index (χ0n) is 13.8. The average Bonchev–Trinajstić information content (AvgIpc) is 3.21. The highest BCUT2D eigenvalue weighted by Crippen LogP contribution is 2.26. The van der Waals surface area contributed by atoms with Crippen molar-refractivity contribution in [2.75, 3.05) is 26.2 Å². The molecule has 0 saturated carbocycles. The van der Waals surface area contributed by atoms with Crippen LogP contribution in [0.2, 0.25) is 0 Å². The third kappa shape index (κ3) is 3.16. The van der Waals surface area contributed by atoms with Crippen molar-refractivity contribution in [1.29, 1.82) is 0 Å². The Morgan fingerprint density at radius 2 is 1.78 bits per heavy atom. The second kappa shape index (κ2) is 6.42. The maximum absolute atomic E-state index is 4.52. The molecule has 0 radical (unpaired) electrons. The van der Waals surface area contributed by atoms with E-state index >= 15 is 0 Å². The van der Waals surface area contributed by atoms with Crippen molar-refractivity contribution in [2.45, 2.75) is 38.8 Å². The van der Waals surface area contributed by atoms with E-state index in [1.54, 1.807) is 11.1 Å². The fourth-order valence-corrected chi connectivity index (χ4v) is 3.86. The molecule has 2 heterocycles. The average molecular weight is 311 g/mol. The van der Waals surface area contributed by atoms with Crippen LogP contribution in [0.4, 0.5) is 0 Å². The number of rotatable bonds is 4. The first kappa shape index (κ1) is 14.8. The van der Waals surface area contributed by atoms with Gasteiger partial charge < -0.3 is 0 Å². The first-order valence-corrected chi connectivity index (χ1v) is 8.75. The Hall–Kier alpha value is -1.72. The Morgan fingerprint density at radius 1 is 1.09 bits per heavy atom. The van der Waals surface area contributed by atoms with Crippen LogP contribution in [0.3, 0.4) is 0 Å². The van der Waals surface area contributed by atoms with Crippen molar-refractivity contribution in [3.8, 4) is 0 Å². The van der Waals surface area contributed by atoms with Gasteiger partial charge in [-0.1, -0.05) is 31.2 Å². The summed E-state index contributed by atoms with van der Waals surface area (Å²) in [5, 5.41) is 7.29. The lowest BCUT2D eigenvalue weighted by molar-refractivity contribution is 0.0934. The van der Waals surface area contributed by atoms with E-state index in [4.69, 9.17) is 0 Å². The number of fused-ring (bicyclic) bond motifs is 1. The quantitative estimate of drug-likeness (QED) is 0.933. The molecule has 1 N–H and O–H groups in total. The molecule has 2 aromatic rings. The lowest BCUT2D eigenvalue weighted by atomic mass is 10.1. The summed E-state index contributed by atoms with van der Waals surface area (Å²) in [5.74, 6) is 1.92. The molecule has 2 aliphatic rings. The summed E-state index contributed by atoms with van der Waals surface area (Å²) in [6.07, 6.45) is 3.34. The first-order valence-electron chi connectivity index (χ1n) is 8.75. The van der Waals surface area contributed by atoms with E-state index in [0.717, 1.165) is 50.8 Å². The predicted octanol–water partition coefficient (Wildman–Crippen LogP) is 1.65. The molecule has 0 amide bonds. The fourth-order valence-electron chi connectivity index (χ4n) is 3.86. The Labute approximate surface area is 137 Å². The number of hydrogen-bond donors (Lipinski definition) is 1. The van der Waals surface area contributed by atoms with Crippen LogP contribution in [0.1, 0.15) is 29.7 Å². The minimum atomic E-state index is 0.700. The molecule has 0 spiro atoms. The van der Waals surface area contributed by atoms with Gasteiger partial charge >= 0.3 is 0 Å². The van der Waals surface area contributed by atoms with Gasteiger partial charge in [0, 0.05) is 38.6 Å². The van der Waals surface area contributed by atoms with Crippen molar-refractivity contribution in [2.24, 2.45) is 0 Å². The van der Waals surface area contributed by atoms with Gasteiger partial charge in [-0.2, -0.15) is 5.10 Å². The number of H-pyrrole nitrogens is 1. The van der Waals surface area contributed by atoms with Crippen LogP contribution in [0.15, 0.2) is 24.3 Å². The Bertz CT molecular complexity index is 632. The van der Waals surface area contributed by atoms with E-state index in [1.807, 2.05) is 0 Å². The van der Waals surface area contributed by atoms with Crippen LogP contribution >= 0.6 is 0 Å². The van der Waals surface area contributed by atoms with Gasteiger partial charge in [-0.3, -0.25) is 14.9 Å². The summed E-state index contributed by atoms with van der Waals surface area (Å²) in [6.45, 7) is 7.54. The molecule has 0 unspecified atom stereocenters. The van der Waals surface area contributed by atoms with Gasteiger partial charge in [0.1, 0.15) is 11.6 Å². The third-order valence-corrected chi connectivity index (χ3v) is 5.22. The largest absolute Gasteiger partial charge is 0.297 e. The molecule has 5 nitrogen and oxygen atoms in total. The van der Waals surface area contributed by atoms with Gasteiger partial charge in [-0.05, 0) is 24.0 Å². The Balaban J connectivity index is 1.30. The van der Waals surface area contributed by atoms with Crippen LogP contribution in [-0.2, 0) is 25.8 Å². The van der Waals surface area contributed by atoms with Crippen molar-refractivity contribution in [3.05, 3.63) is 47.0 Å². The van der Waals surface area contributed by atoms with Crippen molar-refractivity contribution >= 4 is 0 Å². The number of piperazine rings is 1. The monoisotopic (exact) mass is 311 g/mol. The zero-order chi connectivity index (χ0) is 15.6. The SMILES string of the molecule is CCc1n[nH]c(CN2CCN(C3Cc4ccccc4C3)CC2)n1. The highest BCUT2D eigenvalue weighted by atomic mass is 15.3. The third-order valence-electron chi connectivity index (χ3n) is 5.22. The molecule has 1 aromatic heterocycles. The molecular formula is C18H25N5. The topological polar surface area (TPSA) is 48.1 Å². The number of aromatic nitrogens is 3. The summed E-state index contributed by atoms with van der Waals surface area (Å²) < 4.78 is 0. The molecule has 122 valence electrons. The number of nitrogens with one attached hydrogen (secondary N) is 1. The molecule has 5 heteroatoms. The predicted molar refractivity (Wildman–Crippen MR) is 90.2 cm³/mol. The standard InChI is InChI=1S/C18H25N5/c1-2-17-19-18(21-20-17)13-22-7-9-23(10-8-22)16-11-14-5-3-4-6-15(14)12-16/h3-6,16H,2,7-13H2,1H3,(H,19,20,21). The van der Waals surface area contributed by atoms with Crippen LogP contribution < -0.4 is 0 Å². The molecule has 0 bridgehead atoms. The van der Waals surface area contributed by atoms with E-state index in [9.17, 15) is 0 Å². The second-order valence-corrected chi connectivity index (χ2v) is 6.69. The lowest BCUT2D eigenvalue weighted by Crippen LogP contribution is -2.50. The maximum atomic E-state index is 4.52. The van der Waals surface area contributed by atoms with E-state index < -0.39 is 0 Å². The van der Waals surface area contributed by atoms with Crippen molar-refractivity contribution < 1.29 is 0 Å². The summed E-state index contributed by atoms with van der Waals surface area (Å²) in [4.78, 5) is 9.68. The fraction of sp³-hybridized carbons (Fsp3) is 0.556. The van der Waals surface area contributed by atoms with Gasteiger partial charge in [-0.25, -0.2) is 4.98 Å². The van der Waals surface area contributed by atoms with Gasteiger partial charge in [0.25, 0.3) is 0 Å². The number of nitrogens with zero attached hydrogens (tertiary/aromatic N) is 4. The lowest BCUT2D eigenvalue weighted by Gasteiger charge is -2.37. The van der Waals surface area contributed by atoms with Crippen LogP contribution in [0.5, 0.6) is 0 Å². The minimum Gasteiger partial charge on any atom is -0.297 e. The minimum absolute atomic E-state index is 0.700. The summed E-state index contributed by atoms with van der Waals surface area (Å²) in [5.41, 5.74) is 3.10. The van der Waals surface area contributed by atoms with Gasteiger partial charge in [0.2, 0.25) is 0 Å².